The maximum absolute atomic E-state index is 13.0. The number of hydrogen-bond donors (Lipinski definition) is 1. The van der Waals surface area contributed by atoms with E-state index >= 15 is 0 Å². The molecule has 0 saturated heterocycles. The van der Waals surface area contributed by atoms with Gasteiger partial charge in [0.25, 0.3) is 5.91 Å². The molecule has 120 valence electrons. The van der Waals surface area contributed by atoms with Gasteiger partial charge in [0.1, 0.15) is 6.04 Å². The lowest BCUT2D eigenvalue weighted by Crippen LogP contribution is -2.92. The van der Waals surface area contributed by atoms with Gasteiger partial charge >= 0.3 is 0 Å². The summed E-state index contributed by atoms with van der Waals surface area (Å²) in [5.74, 6) is 0.199. The van der Waals surface area contributed by atoms with Crippen molar-refractivity contribution >= 4 is 11.6 Å². The molecular formula is C20H25N2O+. The molecule has 2 N–H and O–H groups in total. The molecular weight excluding hydrogens is 284 g/mol. The fourth-order valence-electron chi connectivity index (χ4n) is 3.50. The molecule has 3 heteroatoms. The van der Waals surface area contributed by atoms with Crippen LogP contribution in [-0.4, -0.2) is 18.0 Å². The molecule has 1 heterocycles. The number of fused-ring (bicyclic) bond motifs is 1. The van der Waals surface area contributed by atoms with Gasteiger partial charge in [0, 0.05) is 17.3 Å². The van der Waals surface area contributed by atoms with Gasteiger partial charge in [-0.15, -0.1) is 0 Å². The molecule has 2 aromatic rings. The van der Waals surface area contributed by atoms with Crippen LogP contribution in [0, 0.1) is 0 Å². The molecule has 1 amide bonds. The first-order valence-corrected chi connectivity index (χ1v) is 8.39. The molecule has 2 aromatic carbocycles. The van der Waals surface area contributed by atoms with Crippen molar-refractivity contribution in [2.45, 2.75) is 45.3 Å². The van der Waals surface area contributed by atoms with Crippen molar-refractivity contribution in [2.75, 3.05) is 4.90 Å². The molecule has 3 rings (SSSR count). The van der Waals surface area contributed by atoms with Crippen LogP contribution in [0.4, 0.5) is 5.69 Å². The molecule has 23 heavy (non-hydrogen) atoms. The monoisotopic (exact) mass is 309 g/mol. The van der Waals surface area contributed by atoms with Gasteiger partial charge in [-0.2, -0.15) is 0 Å². The van der Waals surface area contributed by atoms with E-state index in [1.807, 2.05) is 42.2 Å². The van der Waals surface area contributed by atoms with Gasteiger partial charge in [0.2, 0.25) is 0 Å². The summed E-state index contributed by atoms with van der Waals surface area (Å²) in [6.07, 6.45) is 0.947. The normalized spacial score (nSPS) is 19.3. The number of carbonyl (C=O) groups is 1. The van der Waals surface area contributed by atoms with Gasteiger partial charge in [-0.1, -0.05) is 48.5 Å². The largest absolute Gasteiger partial charge is 0.330 e. The molecule has 0 bridgehead atoms. The predicted molar refractivity (Wildman–Crippen MR) is 93.3 cm³/mol. The number of nitrogens with two attached hydrogens (primary N) is 1. The Balaban J connectivity index is 1.73. The number of quaternary nitrogens is 1. The van der Waals surface area contributed by atoms with E-state index in [1.165, 1.54) is 11.1 Å². The van der Waals surface area contributed by atoms with E-state index in [2.05, 4.69) is 43.4 Å². The van der Waals surface area contributed by atoms with Crippen LogP contribution < -0.4 is 10.2 Å². The van der Waals surface area contributed by atoms with E-state index in [1.54, 1.807) is 0 Å². The third kappa shape index (κ3) is 3.15. The molecule has 0 aromatic heterocycles. The van der Waals surface area contributed by atoms with Crippen molar-refractivity contribution in [1.29, 1.82) is 0 Å². The van der Waals surface area contributed by atoms with Crippen LogP contribution in [-0.2, 0) is 11.2 Å². The van der Waals surface area contributed by atoms with Crippen LogP contribution in [0.3, 0.4) is 0 Å². The van der Waals surface area contributed by atoms with Crippen LogP contribution in [0.2, 0.25) is 0 Å². The molecule has 0 aliphatic carbocycles. The van der Waals surface area contributed by atoms with Gasteiger partial charge in [0.05, 0.1) is 0 Å². The molecule has 0 saturated carbocycles. The molecule has 3 atom stereocenters. The number of amides is 1. The summed E-state index contributed by atoms with van der Waals surface area (Å²) >= 11 is 0. The van der Waals surface area contributed by atoms with E-state index in [0.29, 0.717) is 0 Å². The topological polar surface area (TPSA) is 36.9 Å². The van der Waals surface area contributed by atoms with Gasteiger partial charge in [0.15, 0.2) is 6.04 Å². The molecule has 0 fully saturated rings. The maximum atomic E-state index is 13.0. The zero-order valence-electron chi connectivity index (χ0n) is 14.1. The molecule has 0 radical (unpaired) electrons. The number of carbonyl (C=O) groups excluding carboxylic acids is 1. The Kier molecular flexibility index (Phi) is 4.49. The molecule has 3 nitrogen and oxygen atoms in total. The highest BCUT2D eigenvalue weighted by Crippen LogP contribution is 2.32. The minimum absolute atomic E-state index is 0.0983. The molecule has 0 spiro atoms. The van der Waals surface area contributed by atoms with Crippen LogP contribution in [0.25, 0.3) is 0 Å². The lowest BCUT2D eigenvalue weighted by Gasteiger charge is -2.26. The smallest absolute Gasteiger partial charge is 0.285 e. The van der Waals surface area contributed by atoms with Crippen LogP contribution in [0.5, 0.6) is 0 Å². The number of nitrogens with zero attached hydrogens (tertiary/aromatic N) is 1. The van der Waals surface area contributed by atoms with Crippen molar-refractivity contribution in [3.63, 3.8) is 0 Å². The standard InChI is InChI=1S/C20H24N2O/c1-14-13-18-11-7-8-12-19(18)22(14)20(23)16(3)21-15(2)17-9-5-4-6-10-17/h4-12,14-16,21H,13H2,1-3H3/p+1/t14-,15-,16+/m0/s1. The molecule has 0 unspecified atom stereocenters. The van der Waals surface area contributed by atoms with Crippen LogP contribution in [0.1, 0.15) is 37.9 Å². The average molecular weight is 309 g/mol. The first-order valence-electron chi connectivity index (χ1n) is 8.39. The Bertz CT molecular complexity index is 683. The van der Waals surface area contributed by atoms with E-state index in [4.69, 9.17) is 0 Å². The summed E-state index contributed by atoms with van der Waals surface area (Å²) in [6.45, 7) is 6.29. The Labute approximate surface area is 138 Å². The second-order valence-corrected chi connectivity index (χ2v) is 6.57. The Morgan fingerprint density at radius 2 is 1.74 bits per heavy atom. The summed E-state index contributed by atoms with van der Waals surface area (Å²) in [6, 6.07) is 19.0. The molecule has 1 aliphatic rings. The third-order valence-corrected chi connectivity index (χ3v) is 4.74. The number of anilines is 1. The first kappa shape index (κ1) is 15.8. The van der Waals surface area contributed by atoms with Gasteiger partial charge < -0.3 is 10.2 Å². The van der Waals surface area contributed by atoms with Crippen molar-refractivity contribution in [3.8, 4) is 0 Å². The van der Waals surface area contributed by atoms with E-state index in [0.717, 1.165) is 12.1 Å². The van der Waals surface area contributed by atoms with Gasteiger partial charge in [-0.05, 0) is 38.8 Å². The van der Waals surface area contributed by atoms with Crippen LogP contribution in [0.15, 0.2) is 54.6 Å². The Morgan fingerprint density at radius 1 is 1.09 bits per heavy atom. The second-order valence-electron chi connectivity index (χ2n) is 6.57. The van der Waals surface area contributed by atoms with E-state index < -0.39 is 0 Å². The second kappa shape index (κ2) is 6.55. The minimum atomic E-state index is -0.0983. The summed E-state index contributed by atoms with van der Waals surface area (Å²) in [7, 11) is 0. The number of rotatable bonds is 4. The predicted octanol–water partition coefficient (Wildman–Crippen LogP) is 2.68. The van der Waals surface area contributed by atoms with Gasteiger partial charge in [-0.3, -0.25) is 4.79 Å². The zero-order chi connectivity index (χ0) is 16.4. The summed E-state index contributed by atoms with van der Waals surface area (Å²) in [5, 5.41) is 2.16. The highest BCUT2D eigenvalue weighted by atomic mass is 16.2. The minimum Gasteiger partial charge on any atom is -0.330 e. The number of benzene rings is 2. The maximum Gasteiger partial charge on any atom is 0.285 e. The number of para-hydroxylation sites is 1. The highest BCUT2D eigenvalue weighted by molar-refractivity contribution is 5.98. The fourth-order valence-corrected chi connectivity index (χ4v) is 3.50. The van der Waals surface area contributed by atoms with Crippen molar-refractivity contribution < 1.29 is 10.1 Å². The van der Waals surface area contributed by atoms with Gasteiger partial charge in [-0.25, -0.2) is 0 Å². The highest BCUT2D eigenvalue weighted by Gasteiger charge is 2.35. The van der Waals surface area contributed by atoms with Crippen molar-refractivity contribution in [1.82, 2.24) is 0 Å². The Morgan fingerprint density at radius 3 is 2.48 bits per heavy atom. The first-order chi connectivity index (χ1) is 11.1. The molecule has 1 aliphatic heterocycles. The third-order valence-electron chi connectivity index (χ3n) is 4.74. The average Bonchev–Trinajstić information content (AvgIpc) is 2.90. The summed E-state index contributed by atoms with van der Waals surface area (Å²) in [5.41, 5.74) is 3.61. The fraction of sp³-hybridized carbons (Fsp3) is 0.350. The lowest BCUT2D eigenvalue weighted by molar-refractivity contribution is -0.710. The van der Waals surface area contributed by atoms with Crippen LogP contribution >= 0.6 is 0 Å². The van der Waals surface area contributed by atoms with Crippen molar-refractivity contribution in [3.05, 3.63) is 65.7 Å². The Hall–Kier alpha value is -2.13. The lowest BCUT2D eigenvalue weighted by atomic mass is 10.1. The van der Waals surface area contributed by atoms with E-state index in [-0.39, 0.29) is 24.0 Å². The zero-order valence-corrected chi connectivity index (χ0v) is 14.1. The summed E-state index contributed by atoms with van der Waals surface area (Å²) < 4.78 is 0. The number of hydrogen-bond acceptors (Lipinski definition) is 1. The van der Waals surface area contributed by atoms with E-state index in [9.17, 15) is 4.79 Å². The quantitative estimate of drug-likeness (QED) is 0.926. The summed E-state index contributed by atoms with van der Waals surface area (Å²) in [4.78, 5) is 15.0. The van der Waals surface area contributed by atoms with Crippen molar-refractivity contribution in [2.24, 2.45) is 0 Å². The SMILES string of the molecule is C[C@H]([NH2+][C@H](C)C(=O)N1c2ccccc2C[C@@H]1C)c1ccccc1.